The van der Waals surface area contributed by atoms with Gasteiger partial charge in [-0.2, -0.15) is 16.3 Å². The zero-order valence-corrected chi connectivity index (χ0v) is 18.0. The molecule has 1 fully saturated rings. The maximum atomic E-state index is 12.8. The number of aromatic amines is 1. The lowest BCUT2D eigenvalue weighted by molar-refractivity contribution is -0.130. The highest BCUT2D eigenvalue weighted by molar-refractivity contribution is 8.00. The Labute approximate surface area is 182 Å². The number of fused-ring (bicyclic) bond motifs is 1. The SMILES string of the molecule is O=C(CSc1c[nH]c2ccccc12)N1CCC[C@@H](Cc2nc(-c3ccsc3)no2)C1. The summed E-state index contributed by atoms with van der Waals surface area (Å²) in [5.41, 5.74) is 2.09. The first-order valence-corrected chi connectivity index (χ1v) is 12.0. The first-order valence-electron chi connectivity index (χ1n) is 10.1. The molecular formula is C22H22N4O2S2. The number of nitrogens with one attached hydrogen (secondary N) is 1. The molecule has 1 atom stereocenters. The van der Waals surface area contributed by atoms with Crippen LogP contribution >= 0.6 is 23.1 Å². The maximum Gasteiger partial charge on any atom is 0.232 e. The minimum absolute atomic E-state index is 0.194. The number of thiophene rings is 1. The van der Waals surface area contributed by atoms with Crippen molar-refractivity contribution in [2.75, 3.05) is 18.8 Å². The van der Waals surface area contributed by atoms with Crippen LogP contribution in [-0.4, -0.2) is 44.8 Å². The molecule has 5 rings (SSSR count). The van der Waals surface area contributed by atoms with Gasteiger partial charge in [0.2, 0.25) is 17.6 Å². The van der Waals surface area contributed by atoms with Crippen molar-refractivity contribution >= 4 is 39.9 Å². The van der Waals surface area contributed by atoms with Crippen LogP contribution in [0.25, 0.3) is 22.3 Å². The number of aromatic nitrogens is 3. The van der Waals surface area contributed by atoms with Gasteiger partial charge in [-0.05, 0) is 36.3 Å². The number of thioether (sulfide) groups is 1. The minimum atomic E-state index is 0.194. The Kier molecular flexibility index (Phi) is 5.59. The van der Waals surface area contributed by atoms with E-state index in [9.17, 15) is 4.79 Å². The number of piperidine rings is 1. The van der Waals surface area contributed by atoms with Gasteiger partial charge >= 0.3 is 0 Å². The van der Waals surface area contributed by atoms with E-state index in [0.29, 0.717) is 23.4 Å². The standard InChI is InChI=1S/C22H22N4O2S2/c27-21(14-30-19-11-23-18-6-2-1-5-17(18)19)26-8-3-4-15(12-26)10-20-24-22(25-28-20)16-7-9-29-13-16/h1-2,5-7,9,11,13,15,23H,3-4,8,10,12,14H2/t15-/m0/s1. The summed E-state index contributed by atoms with van der Waals surface area (Å²) in [7, 11) is 0. The van der Waals surface area contributed by atoms with Crippen LogP contribution in [0.4, 0.5) is 0 Å². The minimum Gasteiger partial charge on any atom is -0.360 e. The average Bonchev–Trinajstić information content (AvgIpc) is 3.53. The molecule has 0 aliphatic carbocycles. The van der Waals surface area contributed by atoms with Gasteiger partial charge in [0.05, 0.1) is 5.75 Å². The monoisotopic (exact) mass is 438 g/mol. The van der Waals surface area contributed by atoms with E-state index < -0.39 is 0 Å². The van der Waals surface area contributed by atoms with Crippen LogP contribution in [0.5, 0.6) is 0 Å². The van der Waals surface area contributed by atoms with Crippen LogP contribution in [-0.2, 0) is 11.2 Å². The summed E-state index contributed by atoms with van der Waals surface area (Å²) >= 11 is 3.22. The van der Waals surface area contributed by atoms with Gasteiger partial charge in [-0.3, -0.25) is 4.79 Å². The zero-order chi connectivity index (χ0) is 20.3. The molecular weight excluding hydrogens is 416 g/mol. The van der Waals surface area contributed by atoms with Crippen molar-refractivity contribution < 1.29 is 9.32 Å². The fourth-order valence-electron chi connectivity index (χ4n) is 3.95. The molecule has 0 radical (unpaired) electrons. The molecule has 0 unspecified atom stereocenters. The van der Waals surface area contributed by atoms with Crippen molar-refractivity contribution in [2.45, 2.75) is 24.2 Å². The molecule has 1 amide bonds. The highest BCUT2D eigenvalue weighted by atomic mass is 32.2. The van der Waals surface area contributed by atoms with E-state index in [-0.39, 0.29) is 5.91 Å². The second-order valence-corrected chi connectivity index (χ2v) is 9.36. The molecule has 3 aromatic heterocycles. The third-order valence-corrected chi connectivity index (χ3v) is 7.21. The zero-order valence-electron chi connectivity index (χ0n) is 16.4. The summed E-state index contributed by atoms with van der Waals surface area (Å²) < 4.78 is 5.46. The first-order chi connectivity index (χ1) is 14.8. The quantitative estimate of drug-likeness (QED) is 0.436. The Bertz CT molecular complexity index is 1140. The van der Waals surface area contributed by atoms with Gasteiger partial charge < -0.3 is 14.4 Å². The Morgan fingerprint density at radius 1 is 1.33 bits per heavy atom. The van der Waals surface area contributed by atoms with Gasteiger partial charge in [-0.15, -0.1) is 11.8 Å². The Morgan fingerprint density at radius 3 is 3.17 bits per heavy atom. The normalized spacial score (nSPS) is 16.9. The van der Waals surface area contributed by atoms with Crippen molar-refractivity contribution in [1.82, 2.24) is 20.0 Å². The highest BCUT2D eigenvalue weighted by Crippen LogP contribution is 2.29. The Morgan fingerprint density at radius 2 is 2.27 bits per heavy atom. The number of carbonyl (C=O) groups is 1. The second-order valence-electron chi connectivity index (χ2n) is 7.56. The van der Waals surface area contributed by atoms with E-state index in [0.717, 1.165) is 48.3 Å². The number of carbonyl (C=O) groups excluding carboxylic acids is 1. The van der Waals surface area contributed by atoms with Crippen LogP contribution in [0.2, 0.25) is 0 Å². The lowest BCUT2D eigenvalue weighted by Crippen LogP contribution is -2.41. The molecule has 1 aromatic carbocycles. The first kappa shape index (κ1) is 19.4. The van der Waals surface area contributed by atoms with Crippen LogP contribution in [0.15, 0.2) is 56.7 Å². The maximum absolute atomic E-state index is 12.8. The summed E-state index contributed by atoms with van der Waals surface area (Å²) in [5, 5.41) is 9.28. The largest absolute Gasteiger partial charge is 0.360 e. The summed E-state index contributed by atoms with van der Waals surface area (Å²) in [4.78, 5) is 23.8. The van der Waals surface area contributed by atoms with Crippen LogP contribution in [0.3, 0.4) is 0 Å². The number of rotatable bonds is 6. The van der Waals surface area contributed by atoms with E-state index in [1.807, 2.05) is 40.1 Å². The molecule has 1 saturated heterocycles. The van der Waals surface area contributed by atoms with Gasteiger partial charge in [0, 0.05) is 52.4 Å². The fraction of sp³-hybridized carbons (Fsp3) is 0.318. The molecule has 8 heteroatoms. The van der Waals surface area contributed by atoms with Crippen LogP contribution in [0.1, 0.15) is 18.7 Å². The molecule has 1 aliphatic heterocycles. The number of nitrogens with zero attached hydrogens (tertiary/aromatic N) is 3. The Hall–Kier alpha value is -2.58. The van der Waals surface area contributed by atoms with E-state index in [1.54, 1.807) is 23.1 Å². The fourth-order valence-corrected chi connectivity index (χ4v) is 5.52. The number of H-pyrrole nitrogens is 1. The molecule has 0 spiro atoms. The molecule has 30 heavy (non-hydrogen) atoms. The van der Waals surface area contributed by atoms with Crippen molar-refractivity contribution in [1.29, 1.82) is 0 Å². The second kappa shape index (κ2) is 8.65. The predicted molar refractivity (Wildman–Crippen MR) is 120 cm³/mol. The van der Waals surface area contributed by atoms with E-state index in [2.05, 4.69) is 27.3 Å². The number of hydrogen-bond donors (Lipinski definition) is 1. The molecule has 6 nitrogen and oxygen atoms in total. The molecule has 1 N–H and O–H groups in total. The number of likely N-dealkylation sites (tertiary alicyclic amines) is 1. The van der Waals surface area contributed by atoms with Crippen molar-refractivity contribution in [3.05, 3.63) is 53.2 Å². The van der Waals surface area contributed by atoms with Crippen molar-refractivity contribution in [3.8, 4) is 11.4 Å². The number of amides is 1. The van der Waals surface area contributed by atoms with Crippen LogP contribution < -0.4 is 0 Å². The third-order valence-electron chi connectivity index (χ3n) is 5.48. The number of hydrogen-bond acceptors (Lipinski definition) is 6. The molecule has 4 aromatic rings. The molecule has 4 heterocycles. The topological polar surface area (TPSA) is 75.0 Å². The molecule has 0 bridgehead atoms. The van der Waals surface area contributed by atoms with Crippen molar-refractivity contribution in [2.24, 2.45) is 5.92 Å². The highest BCUT2D eigenvalue weighted by Gasteiger charge is 2.25. The van der Waals surface area contributed by atoms with Gasteiger partial charge in [0.1, 0.15) is 0 Å². The van der Waals surface area contributed by atoms with E-state index >= 15 is 0 Å². The smallest absolute Gasteiger partial charge is 0.232 e. The molecule has 0 saturated carbocycles. The molecule has 154 valence electrons. The summed E-state index contributed by atoms with van der Waals surface area (Å²) in [5.74, 6) is 2.31. The van der Waals surface area contributed by atoms with Gasteiger partial charge in [-0.25, -0.2) is 0 Å². The van der Waals surface area contributed by atoms with Gasteiger partial charge in [0.15, 0.2) is 0 Å². The predicted octanol–water partition coefficient (Wildman–Crippen LogP) is 4.85. The number of para-hydroxylation sites is 1. The lowest BCUT2D eigenvalue weighted by atomic mass is 9.95. The van der Waals surface area contributed by atoms with Gasteiger partial charge in [0.25, 0.3) is 0 Å². The number of benzene rings is 1. The summed E-state index contributed by atoms with van der Waals surface area (Å²) in [6.07, 6.45) is 4.80. The lowest BCUT2D eigenvalue weighted by Gasteiger charge is -2.32. The van der Waals surface area contributed by atoms with Crippen LogP contribution in [0, 0.1) is 5.92 Å². The summed E-state index contributed by atoms with van der Waals surface area (Å²) in [6, 6.07) is 10.2. The summed E-state index contributed by atoms with van der Waals surface area (Å²) in [6.45, 7) is 1.58. The molecule has 1 aliphatic rings. The van der Waals surface area contributed by atoms with Crippen molar-refractivity contribution in [3.63, 3.8) is 0 Å². The van der Waals surface area contributed by atoms with Gasteiger partial charge in [-0.1, -0.05) is 23.4 Å². The van der Waals surface area contributed by atoms with E-state index in [4.69, 9.17) is 4.52 Å². The average molecular weight is 439 g/mol. The van der Waals surface area contributed by atoms with E-state index in [1.165, 1.54) is 5.39 Å². The Balaban J connectivity index is 1.17. The third kappa shape index (κ3) is 4.15.